The Morgan fingerprint density at radius 3 is 2.52 bits per heavy atom. The van der Waals surface area contributed by atoms with E-state index in [-0.39, 0.29) is 12.6 Å². The maximum absolute atomic E-state index is 11.9. The molecule has 6 heteroatoms. The summed E-state index contributed by atoms with van der Waals surface area (Å²) in [6.45, 7) is -0.318. The normalized spacial score (nSPS) is 25.4. The van der Waals surface area contributed by atoms with Crippen LogP contribution < -0.4 is 5.32 Å². The van der Waals surface area contributed by atoms with E-state index >= 15 is 0 Å². The number of ether oxygens (including phenoxy) is 1. The van der Waals surface area contributed by atoms with Gasteiger partial charge in [-0.05, 0) is 49.1 Å². The van der Waals surface area contributed by atoms with Crippen molar-refractivity contribution in [3.05, 3.63) is 28.2 Å². The van der Waals surface area contributed by atoms with Crippen LogP contribution in [-0.2, 0) is 14.3 Å². The summed E-state index contributed by atoms with van der Waals surface area (Å²) in [5, 5.41) is 3.27. The first-order valence-corrected chi connectivity index (χ1v) is 8.68. The van der Waals surface area contributed by atoms with Gasteiger partial charge >= 0.3 is 5.97 Å². The lowest BCUT2D eigenvalue weighted by Gasteiger charge is -2.20. The van der Waals surface area contributed by atoms with Gasteiger partial charge in [0, 0.05) is 6.42 Å². The van der Waals surface area contributed by atoms with Crippen LogP contribution in [0, 0.1) is 17.8 Å². The first kappa shape index (κ1) is 16.6. The molecule has 2 aliphatic rings. The van der Waals surface area contributed by atoms with E-state index in [1.165, 1.54) is 19.3 Å². The molecule has 1 N–H and O–H groups in total. The summed E-state index contributed by atoms with van der Waals surface area (Å²) in [6.07, 6.45) is 5.33. The van der Waals surface area contributed by atoms with Gasteiger partial charge in [-0.1, -0.05) is 35.7 Å². The molecule has 0 saturated heterocycles. The second-order valence-electron chi connectivity index (χ2n) is 6.44. The van der Waals surface area contributed by atoms with Crippen molar-refractivity contribution in [3.8, 4) is 0 Å². The predicted octanol–water partition coefficient (Wildman–Crippen LogP) is 4.30. The highest BCUT2D eigenvalue weighted by Crippen LogP contribution is 2.49. The van der Waals surface area contributed by atoms with E-state index in [9.17, 15) is 9.59 Å². The standard InChI is InChI=1S/C17H19Cl2NO3/c18-13-2-1-3-14(19)17(13)20-15(21)9-23-16(22)8-12-7-10-4-5-11(12)6-10/h1-3,10-12H,4-9H2,(H,20,21). The molecule has 124 valence electrons. The maximum atomic E-state index is 11.9. The number of anilines is 1. The number of hydrogen-bond donors (Lipinski definition) is 1. The SMILES string of the molecule is O=C(COC(=O)CC1CC2CCC1C2)Nc1c(Cl)cccc1Cl. The molecular formula is C17H19Cl2NO3. The Morgan fingerprint density at radius 1 is 1.17 bits per heavy atom. The maximum Gasteiger partial charge on any atom is 0.306 e. The monoisotopic (exact) mass is 355 g/mol. The van der Waals surface area contributed by atoms with E-state index in [1.807, 2.05) is 0 Å². The van der Waals surface area contributed by atoms with Crippen LogP contribution in [0.15, 0.2) is 18.2 Å². The van der Waals surface area contributed by atoms with Crippen LogP contribution >= 0.6 is 23.2 Å². The molecule has 2 aliphatic carbocycles. The molecule has 1 amide bonds. The lowest BCUT2D eigenvalue weighted by Crippen LogP contribution is -2.23. The lowest BCUT2D eigenvalue weighted by molar-refractivity contribution is -0.148. The molecule has 2 fully saturated rings. The van der Waals surface area contributed by atoms with Gasteiger partial charge in [-0.3, -0.25) is 9.59 Å². The van der Waals surface area contributed by atoms with Crippen molar-refractivity contribution in [2.24, 2.45) is 17.8 Å². The molecule has 0 heterocycles. The van der Waals surface area contributed by atoms with Crippen molar-refractivity contribution in [1.29, 1.82) is 0 Å². The fourth-order valence-corrected chi connectivity index (χ4v) is 4.33. The second-order valence-corrected chi connectivity index (χ2v) is 7.26. The number of para-hydroxylation sites is 1. The van der Waals surface area contributed by atoms with Crippen LogP contribution in [0.1, 0.15) is 32.1 Å². The third-order valence-electron chi connectivity index (χ3n) is 4.90. The smallest absolute Gasteiger partial charge is 0.306 e. The van der Waals surface area contributed by atoms with Crippen molar-refractivity contribution in [2.45, 2.75) is 32.1 Å². The first-order valence-electron chi connectivity index (χ1n) is 7.92. The van der Waals surface area contributed by atoms with Crippen LogP contribution in [0.3, 0.4) is 0 Å². The van der Waals surface area contributed by atoms with E-state index in [0.717, 1.165) is 12.3 Å². The van der Waals surface area contributed by atoms with Gasteiger partial charge in [0.25, 0.3) is 5.91 Å². The molecule has 2 saturated carbocycles. The third kappa shape index (κ3) is 3.99. The van der Waals surface area contributed by atoms with E-state index in [1.54, 1.807) is 18.2 Å². The molecule has 1 aromatic carbocycles. The van der Waals surface area contributed by atoms with Crippen LogP contribution in [-0.4, -0.2) is 18.5 Å². The average Bonchev–Trinajstić information content (AvgIpc) is 3.12. The zero-order chi connectivity index (χ0) is 16.4. The Morgan fingerprint density at radius 2 is 1.91 bits per heavy atom. The minimum absolute atomic E-state index is 0.303. The number of carbonyl (C=O) groups excluding carboxylic acids is 2. The summed E-state index contributed by atoms with van der Waals surface area (Å²) >= 11 is 12.0. The van der Waals surface area contributed by atoms with E-state index in [4.69, 9.17) is 27.9 Å². The second kappa shape index (κ2) is 7.10. The van der Waals surface area contributed by atoms with Crippen molar-refractivity contribution in [3.63, 3.8) is 0 Å². The van der Waals surface area contributed by atoms with Gasteiger partial charge in [0.2, 0.25) is 0 Å². The van der Waals surface area contributed by atoms with Crippen LogP contribution in [0.5, 0.6) is 0 Å². The van der Waals surface area contributed by atoms with Crippen molar-refractivity contribution < 1.29 is 14.3 Å². The minimum atomic E-state index is -0.443. The largest absolute Gasteiger partial charge is 0.456 e. The summed E-state index contributed by atoms with van der Waals surface area (Å²) < 4.78 is 5.09. The van der Waals surface area contributed by atoms with Gasteiger partial charge < -0.3 is 10.1 Å². The number of halogens is 2. The highest BCUT2D eigenvalue weighted by molar-refractivity contribution is 6.39. The summed E-state index contributed by atoms with van der Waals surface area (Å²) in [5.74, 6) is 1.15. The van der Waals surface area contributed by atoms with Crippen molar-refractivity contribution >= 4 is 40.8 Å². The average molecular weight is 356 g/mol. The van der Waals surface area contributed by atoms with Gasteiger partial charge in [-0.25, -0.2) is 0 Å². The molecule has 4 nitrogen and oxygen atoms in total. The van der Waals surface area contributed by atoms with E-state index in [0.29, 0.717) is 34.0 Å². The lowest BCUT2D eigenvalue weighted by atomic mass is 9.86. The fourth-order valence-electron chi connectivity index (χ4n) is 3.84. The zero-order valence-corrected chi connectivity index (χ0v) is 14.2. The molecule has 3 unspecified atom stereocenters. The quantitative estimate of drug-likeness (QED) is 0.801. The Labute approximate surface area is 145 Å². The fraction of sp³-hybridized carbons (Fsp3) is 0.529. The number of nitrogens with one attached hydrogen (secondary N) is 1. The Kier molecular flexibility index (Phi) is 5.12. The number of amides is 1. The topological polar surface area (TPSA) is 55.4 Å². The highest BCUT2D eigenvalue weighted by atomic mass is 35.5. The number of esters is 1. The van der Waals surface area contributed by atoms with Crippen LogP contribution in [0.25, 0.3) is 0 Å². The molecule has 1 aromatic rings. The molecule has 0 radical (unpaired) electrons. The summed E-state index contributed by atoms with van der Waals surface area (Å²) in [6, 6.07) is 4.95. The highest BCUT2D eigenvalue weighted by Gasteiger charge is 2.40. The summed E-state index contributed by atoms with van der Waals surface area (Å²) in [5.41, 5.74) is 0.338. The van der Waals surface area contributed by atoms with Gasteiger partial charge in [0.15, 0.2) is 6.61 Å². The van der Waals surface area contributed by atoms with Gasteiger partial charge in [0.05, 0.1) is 15.7 Å². The molecule has 23 heavy (non-hydrogen) atoms. The van der Waals surface area contributed by atoms with Gasteiger partial charge in [-0.2, -0.15) is 0 Å². The Hall–Kier alpha value is -1.26. The number of carbonyl (C=O) groups is 2. The summed E-state index contributed by atoms with van der Waals surface area (Å²) in [4.78, 5) is 23.8. The first-order chi connectivity index (χ1) is 11.0. The molecular weight excluding hydrogens is 337 g/mol. The van der Waals surface area contributed by atoms with Crippen LogP contribution in [0.4, 0.5) is 5.69 Å². The zero-order valence-electron chi connectivity index (χ0n) is 12.7. The molecule has 2 bridgehead atoms. The number of benzene rings is 1. The van der Waals surface area contributed by atoms with E-state index in [2.05, 4.69) is 5.32 Å². The third-order valence-corrected chi connectivity index (χ3v) is 5.53. The van der Waals surface area contributed by atoms with E-state index < -0.39 is 5.91 Å². The van der Waals surface area contributed by atoms with Crippen LogP contribution in [0.2, 0.25) is 10.0 Å². The minimum Gasteiger partial charge on any atom is -0.456 e. The molecule has 0 aliphatic heterocycles. The van der Waals surface area contributed by atoms with Crippen molar-refractivity contribution in [1.82, 2.24) is 0 Å². The molecule has 0 aromatic heterocycles. The van der Waals surface area contributed by atoms with Crippen molar-refractivity contribution in [2.75, 3.05) is 11.9 Å². The number of fused-ring (bicyclic) bond motifs is 2. The Bertz CT molecular complexity index is 600. The van der Waals surface area contributed by atoms with Gasteiger partial charge in [0.1, 0.15) is 0 Å². The van der Waals surface area contributed by atoms with Gasteiger partial charge in [-0.15, -0.1) is 0 Å². The Balaban J connectivity index is 1.44. The molecule has 0 spiro atoms. The molecule has 3 atom stereocenters. The molecule has 3 rings (SSSR count). The predicted molar refractivity (Wildman–Crippen MR) is 89.6 cm³/mol. The number of rotatable bonds is 5. The number of hydrogen-bond acceptors (Lipinski definition) is 3. The summed E-state index contributed by atoms with van der Waals surface area (Å²) in [7, 11) is 0.